The summed E-state index contributed by atoms with van der Waals surface area (Å²) < 4.78 is -1.81. The molecule has 128 valence electrons. The lowest BCUT2D eigenvalue weighted by molar-refractivity contribution is 0.455. The number of halogens is 5. The molecule has 0 aromatic rings. The maximum Gasteiger partial charge on any atom is 0.250 e. The van der Waals surface area contributed by atoms with Gasteiger partial charge in [0.15, 0.2) is 17.5 Å². The van der Waals surface area contributed by atoms with Gasteiger partial charge in [0.05, 0.1) is 10.1 Å². The SMILES string of the molecule is CCN(CC)C1=NC2=C(Cl)C=C(Cl)C3=NC(C(Cl)(Cl)Cl)=NC(=N1)N32. The average molecular weight is 429 g/mol. The van der Waals surface area contributed by atoms with Crippen molar-refractivity contribution in [1.29, 1.82) is 0 Å². The van der Waals surface area contributed by atoms with Gasteiger partial charge in [-0.05, 0) is 19.9 Å². The summed E-state index contributed by atoms with van der Waals surface area (Å²) in [7, 11) is 0. The summed E-state index contributed by atoms with van der Waals surface area (Å²) in [5.74, 6) is 1.44. The molecule has 6 nitrogen and oxygen atoms in total. The van der Waals surface area contributed by atoms with Gasteiger partial charge in [-0.25, -0.2) is 9.89 Å². The maximum atomic E-state index is 6.29. The Morgan fingerprint density at radius 1 is 1.04 bits per heavy atom. The molecule has 3 aliphatic heterocycles. The maximum absolute atomic E-state index is 6.29. The molecule has 3 heterocycles. The Hall–Kier alpha value is -0.790. The van der Waals surface area contributed by atoms with Gasteiger partial charge in [0.2, 0.25) is 15.7 Å². The molecule has 11 heteroatoms. The lowest BCUT2D eigenvalue weighted by Gasteiger charge is -2.35. The average Bonchev–Trinajstić information content (AvgIpc) is 2.52. The molecule has 0 N–H and O–H groups in total. The molecule has 0 saturated heterocycles. The zero-order chi connectivity index (χ0) is 17.6. The van der Waals surface area contributed by atoms with Gasteiger partial charge in [0, 0.05) is 13.1 Å². The topological polar surface area (TPSA) is 55.9 Å². The molecule has 24 heavy (non-hydrogen) atoms. The highest BCUT2D eigenvalue weighted by atomic mass is 35.6. The molecule has 0 spiro atoms. The number of amidine groups is 2. The van der Waals surface area contributed by atoms with Gasteiger partial charge in [-0.15, -0.1) is 0 Å². The van der Waals surface area contributed by atoms with Crippen molar-refractivity contribution in [1.82, 2.24) is 9.80 Å². The quantitative estimate of drug-likeness (QED) is 0.623. The van der Waals surface area contributed by atoms with Gasteiger partial charge in [-0.1, -0.05) is 58.0 Å². The van der Waals surface area contributed by atoms with Crippen molar-refractivity contribution in [2.75, 3.05) is 13.1 Å². The van der Waals surface area contributed by atoms with Crippen LogP contribution in [0.3, 0.4) is 0 Å². The Morgan fingerprint density at radius 3 is 2.29 bits per heavy atom. The second-order valence-electron chi connectivity index (χ2n) is 4.86. The summed E-state index contributed by atoms with van der Waals surface area (Å²) in [5, 5.41) is 0.628. The summed E-state index contributed by atoms with van der Waals surface area (Å²) in [4.78, 5) is 20.9. The van der Waals surface area contributed by atoms with E-state index in [1.165, 1.54) is 4.90 Å². The van der Waals surface area contributed by atoms with E-state index >= 15 is 0 Å². The minimum absolute atomic E-state index is 0.0257. The van der Waals surface area contributed by atoms with Gasteiger partial charge in [-0.2, -0.15) is 15.0 Å². The van der Waals surface area contributed by atoms with E-state index in [9.17, 15) is 0 Å². The zero-order valence-corrected chi connectivity index (χ0v) is 16.3. The summed E-state index contributed by atoms with van der Waals surface area (Å²) in [6.45, 7) is 5.43. The van der Waals surface area contributed by atoms with Gasteiger partial charge in [0.1, 0.15) is 0 Å². The predicted octanol–water partition coefficient (Wildman–Crippen LogP) is 4.08. The van der Waals surface area contributed by atoms with Gasteiger partial charge < -0.3 is 4.90 Å². The Balaban J connectivity index is 2.20. The molecular weight excluding hydrogens is 417 g/mol. The Morgan fingerprint density at radius 2 is 1.71 bits per heavy atom. The van der Waals surface area contributed by atoms with Crippen molar-refractivity contribution in [3.05, 3.63) is 22.0 Å². The first-order valence-corrected chi connectivity index (χ1v) is 8.89. The van der Waals surface area contributed by atoms with Gasteiger partial charge in [-0.3, -0.25) is 0 Å². The van der Waals surface area contributed by atoms with Crippen molar-refractivity contribution in [2.24, 2.45) is 20.0 Å². The van der Waals surface area contributed by atoms with Crippen LogP contribution in [-0.4, -0.2) is 50.3 Å². The summed E-state index contributed by atoms with van der Waals surface area (Å²) in [6, 6.07) is 0. The van der Waals surface area contributed by atoms with Crippen LogP contribution in [0.1, 0.15) is 13.8 Å². The first kappa shape index (κ1) is 18.0. The zero-order valence-electron chi connectivity index (χ0n) is 12.6. The number of aliphatic imine (C=N–C) groups is 4. The second kappa shape index (κ2) is 6.50. The summed E-state index contributed by atoms with van der Waals surface area (Å²) >= 11 is 30.3. The smallest absolute Gasteiger partial charge is 0.250 e. The minimum atomic E-state index is -1.81. The number of alkyl halides is 3. The van der Waals surface area contributed by atoms with E-state index in [4.69, 9.17) is 58.0 Å². The van der Waals surface area contributed by atoms with E-state index < -0.39 is 3.79 Å². The van der Waals surface area contributed by atoms with Crippen LogP contribution < -0.4 is 0 Å². The van der Waals surface area contributed by atoms with Crippen LogP contribution in [0, 0.1) is 0 Å². The lowest BCUT2D eigenvalue weighted by Crippen LogP contribution is -2.46. The molecule has 0 aromatic heterocycles. The molecular formula is C13H11Cl5N6. The van der Waals surface area contributed by atoms with E-state index in [1.54, 1.807) is 6.08 Å². The summed E-state index contributed by atoms with van der Waals surface area (Å²) in [5.41, 5.74) is 0. The Bertz CT molecular complexity index is 766. The Kier molecular flexibility index (Phi) is 4.88. The third-order valence-corrected chi connectivity index (χ3v) is 4.49. The van der Waals surface area contributed by atoms with Crippen molar-refractivity contribution in [3.8, 4) is 0 Å². The van der Waals surface area contributed by atoms with Crippen LogP contribution in [0.5, 0.6) is 0 Å². The fourth-order valence-electron chi connectivity index (χ4n) is 2.28. The largest absolute Gasteiger partial charge is 0.341 e. The first-order chi connectivity index (χ1) is 11.3. The van der Waals surface area contributed by atoms with Crippen LogP contribution in [-0.2, 0) is 0 Å². The second-order valence-corrected chi connectivity index (χ2v) is 7.96. The highest BCUT2D eigenvalue weighted by Crippen LogP contribution is 2.36. The first-order valence-electron chi connectivity index (χ1n) is 7.00. The lowest BCUT2D eigenvalue weighted by atomic mass is 10.2. The number of rotatable bonds is 2. The highest BCUT2D eigenvalue weighted by Gasteiger charge is 2.40. The third kappa shape index (κ3) is 3.06. The van der Waals surface area contributed by atoms with E-state index in [0.717, 1.165) is 13.1 Å². The molecule has 0 amide bonds. The fraction of sp³-hybridized carbons (Fsp3) is 0.385. The van der Waals surface area contributed by atoms with Gasteiger partial charge in [0.25, 0.3) is 0 Å². The fourth-order valence-corrected chi connectivity index (χ4v) is 3.06. The van der Waals surface area contributed by atoms with Crippen molar-refractivity contribution in [3.63, 3.8) is 0 Å². The molecule has 3 rings (SSSR count). The van der Waals surface area contributed by atoms with Crippen LogP contribution in [0.25, 0.3) is 0 Å². The third-order valence-electron chi connectivity index (χ3n) is 3.43. The molecule has 0 fully saturated rings. The molecule has 0 radical (unpaired) electrons. The van der Waals surface area contributed by atoms with Crippen LogP contribution in [0.15, 0.2) is 41.9 Å². The monoisotopic (exact) mass is 426 g/mol. The molecule has 0 atom stereocenters. The molecule has 0 aromatic carbocycles. The summed E-state index contributed by atoms with van der Waals surface area (Å²) in [6.07, 6.45) is 1.54. The standard InChI is InChI=1S/C13H11Cl5N6/c1-3-23(4-2)11-20-9-7(15)5-6(14)8-19-10(13(16,17)18)21-12(22-11)24(8)9/h5H,3-4H2,1-2H3. The molecule has 0 bridgehead atoms. The highest BCUT2D eigenvalue weighted by molar-refractivity contribution is 6.77. The number of hydrogen-bond acceptors (Lipinski definition) is 6. The minimum Gasteiger partial charge on any atom is -0.341 e. The molecule has 3 aliphatic rings. The number of hydrogen-bond donors (Lipinski definition) is 0. The van der Waals surface area contributed by atoms with Crippen LogP contribution in [0.4, 0.5) is 0 Å². The van der Waals surface area contributed by atoms with Crippen LogP contribution >= 0.6 is 58.0 Å². The van der Waals surface area contributed by atoms with Crippen molar-refractivity contribution in [2.45, 2.75) is 17.6 Å². The van der Waals surface area contributed by atoms with E-state index in [0.29, 0.717) is 22.6 Å². The van der Waals surface area contributed by atoms with E-state index in [2.05, 4.69) is 20.0 Å². The molecule has 0 unspecified atom stereocenters. The van der Waals surface area contributed by atoms with E-state index in [1.807, 2.05) is 18.7 Å². The van der Waals surface area contributed by atoms with Crippen molar-refractivity contribution >= 4 is 81.6 Å². The van der Waals surface area contributed by atoms with Crippen LogP contribution in [0.2, 0.25) is 0 Å². The number of guanidine groups is 2. The predicted molar refractivity (Wildman–Crippen MR) is 102 cm³/mol. The number of nitrogens with zero attached hydrogens (tertiary/aromatic N) is 6. The number of allylic oxidation sites excluding steroid dienone is 2. The van der Waals surface area contributed by atoms with E-state index in [-0.39, 0.29) is 16.8 Å². The van der Waals surface area contributed by atoms with Crippen molar-refractivity contribution < 1.29 is 0 Å². The molecule has 0 aliphatic carbocycles. The van der Waals surface area contributed by atoms with Gasteiger partial charge >= 0.3 is 0 Å². The molecule has 0 saturated carbocycles. The normalized spacial score (nSPS) is 20.0. The Labute approximate surface area is 163 Å².